The monoisotopic (exact) mass is 496 g/mol. The van der Waals surface area contributed by atoms with Gasteiger partial charge in [-0.05, 0) is 49.4 Å². The van der Waals surface area contributed by atoms with Gasteiger partial charge < -0.3 is 19.9 Å². The molecule has 1 amide bonds. The van der Waals surface area contributed by atoms with Crippen molar-refractivity contribution in [2.75, 3.05) is 24.3 Å². The van der Waals surface area contributed by atoms with Crippen LogP contribution in [-0.2, 0) is 14.8 Å². The average molecular weight is 497 g/mol. The highest BCUT2D eigenvalue weighted by Crippen LogP contribution is 2.28. The Kier molecular flexibility index (Phi) is 8.05. The first-order valence-electron chi connectivity index (χ1n) is 10.3. The zero-order valence-electron chi connectivity index (χ0n) is 19.2. The van der Waals surface area contributed by atoms with E-state index in [9.17, 15) is 18.3 Å². The van der Waals surface area contributed by atoms with E-state index in [-0.39, 0.29) is 27.7 Å². The number of sulfonamides is 1. The summed E-state index contributed by atoms with van der Waals surface area (Å²) in [5.74, 6) is -0.308. The minimum atomic E-state index is -3.97. The Labute approximate surface area is 203 Å². The fraction of sp³-hybridized carbons (Fsp3) is 0.125. The third-order valence-corrected chi connectivity index (χ3v) is 6.02. The van der Waals surface area contributed by atoms with Gasteiger partial charge in [-0.15, -0.1) is 5.11 Å². The predicted molar refractivity (Wildman–Crippen MR) is 132 cm³/mol. The molecular formula is C24H24N4O6S. The first-order valence-corrected chi connectivity index (χ1v) is 11.8. The van der Waals surface area contributed by atoms with Gasteiger partial charge in [-0.25, -0.2) is 8.42 Å². The van der Waals surface area contributed by atoms with E-state index in [0.29, 0.717) is 17.2 Å². The number of allylic oxidation sites excluding steroid dienone is 1. The van der Waals surface area contributed by atoms with Crippen LogP contribution >= 0.6 is 0 Å². The van der Waals surface area contributed by atoms with Crippen molar-refractivity contribution in [1.82, 2.24) is 0 Å². The number of hydrogen-bond acceptors (Lipinski definition) is 8. The van der Waals surface area contributed by atoms with Gasteiger partial charge in [-0.3, -0.25) is 9.52 Å². The zero-order chi connectivity index (χ0) is 25.4. The molecule has 182 valence electrons. The van der Waals surface area contributed by atoms with E-state index >= 15 is 0 Å². The number of azo groups is 1. The number of benzene rings is 3. The van der Waals surface area contributed by atoms with Crippen molar-refractivity contribution < 1.29 is 27.8 Å². The number of carbonyl (C=O) groups excluding carboxylic acids is 1. The van der Waals surface area contributed by atoms with Gasteiger partial charge in [0, 0.05) is 0 Å². The molecule has 0 heterocycles. The van der Waals surface area contributed by atoms with Crippen LogP contribution in [0.2, 0.25) is 0 Å². The molecule has 0 aliphatic rings. The second-order valence-electron chi connectivity index (χ2n) is 7.09. The highest BCUT2D eigenvalue weighted by atomic mass is 32.2. The predicted octanol–water partition coefficient (Wildman–Crippen LogP) is 5.02. The van der Waals surface area contributed by atoms with E-state index in [4.69, 9.17) is 9.47 Å². The summed E-state index contributed by atoms with van der Waals surface area (Å²) < 4.78 is 38.6. The zero-order valence-corrected chi connectivity index (χ0v) is 20.0. The van der Waals surface area contributed by atoms with Crippen LogP contribution in [0.25, 0.3) is 0 Å². The second kappa shape index (κ2) is 11.2. The summed E-state index contributed by atoms with van der Waals surface area (Å²) in [5.41, 5.74) is 0.452. The highest BCUT2D eigenvalue weighted by molar-refractivity contribution is 7.92. The van der Waals surface area contributed by atoms with Crippen molar-refractivity contribution in [2.45, 2.75) is 11.8 Å². The molecule has 0 bridgehead atoms. The first-order chi connectivity index (χ1) is 16.7. The molecule has 3 N–H and O–H groups in total. The third kappa shape index (κ3) is 6.36. The van der Waals surface area contributed by atoms with Gasteiger partial charge in [0.1, 0.15) is 17.3 Å². The number of nitrogens with zero attached hydrogens (tertiary/aromatic N) is 2. The summed E-state index contributed by atoms with van der Waals surface area (Å²) in [6, 6.07) is 19.0. The largest absolute Gasteiger partial charge is 0.510 e. The van der Waals surface area contributed by atoms with Gasteiger partial charge in [0.25, 0.3) is 15.9 Å². The lowest BCUT2D eigenvalue weighted by molar-refractivity contribution is -0.113. The summed E-state index contributed by atoms with van der Waals surface area (Å²) in [5, 5.41) is 20.4. The lowest BCUT2D eigenvalue weighted by Crippen LogP contribution is -2.15. The first kappa shape index (κ1) is 25.2. The van der Waals surface area contributed by atoms with Crippen LogP contribution in [0.1, 0.15) is 6.92 Å². The second-order valence-corrected chi connectivity index (χ2v) is 8.77. The summed E-state index contributed by atoms with van der Waals surface area (Å²) in [4.78, 5) is 12.6. The summed E-state index contributed by atoms with van der Waals surface area (Å²) in [7, 11) is -1.08. The molecule has 0 saturated heterocycles. The van der Waals surface area contributed by atoms with Crippen LogP contribution in [0.15, 0.2) is 99.4 Å². The standard InChI is InChI=1S/C24H24N4O6S/c1-16(29)23(24(30)25-19-11-4-6-13-21(19)33-2)27-26-17-9-8-10-18(15-17)35(31,32)28-20-12-5-7-14-22(20)34-3/h4-15,28-29H,1-3H3,(H,25,30)/b23-16-,27-26?. The Morgan fingerprint density at radius 1 is 0.886 bits per heavy atom. The topological polar surface area (TPSA) is 139 Å². The molecule has 0 radical (unpaired) electrons. The van der Waals surface area contributed by atoms with E-state index in [2.05, 4.69) is 20.3 Å². The average Bonchev–Trinajstić information content (AvgIpc) is 2.84. The maximum absolute atomic E-state index is 12.9. The number of ether oxygens (including phenoxy) is 2. The van der Waals surface area contributed by atoms with Crippen LogP contribution in [0.5, 0.6) is 11.5 Å². The van der Waals surface area contributed by atoms with Crippen LogP contribution in [-0.4, -0.2) is 33.7 Å². The highest BCUT2D eigenvalue weighted by Gasteiger charge is 2.18. The lowest BCUT2D eigenvalue weighted by Gasteiger charge is -2.11. The number of aliphatic hydroxyl groups excluding tert-OH is 1. The third-order valence-electron chi connectivity index (χ3n) is 4.66. The van der Waals surface area contributed by atoms with Gasteiger partial charge in [-0.2, -0.15) is 5.11 Å². The number of nitrogens with one attached hydrogen (secondary N) is 2. The molecule has 0 aliphatic carbocycles. The van der Waals surface area contributed by atoms with E-state index in [1.807, 2.05) is 0 Å². The van der Waals surface area contributed by atoms with Gasteiger partial charge in [0.05, 0.1) is 36.2 Å². The molecule has 0 saturated carbocycles. The molecule has 10 nitrogen and oxygen atoms in total. The van der Waals surface area contributed by atoms with Crippen molar-refractivity contribution in [1.29, 1.82) is 0 Å². The van der Waals surface area contributed by atoms with Crippen molar-refractivity contribution in [3.8, 4) is 11.5 Å². The van der Waals surface area contributed by atoms with Crippen molar-refractivity contribution in [3.05, 3.63) is 84.3 Å². The normalized spacial score (nSPS) is 12.1. The van der Waals surface area contributed by atoms with E-state index in [1.165, 1.54) is 45.4 Å². The molecule has 0 unspecified atom stereocenters. The number of para-hydroxylation sites is 4. The van der Waals surface area contributed by atoms with E-state index in [0.717, 1.165) is 0 Å². The molecule has 0 spiro atoms. The number of methoxy groups -OCH3 is 2. The molecule has 0 atom stereocenters. The fourth-order valence-corrected chi connectivity index (χ4v) is 4.07. The van der Waals surface area contributed by atoms with Crippen LogP contribution < -0.4 is 19.5 Å². The molecular weight excluding hydrogens is 472 g/mol. The number of hydrogen-bond donors (Lipinski definition) is 3. The van der Waals surface area contributed by atoms with Gasteiger partial charge in [-0.1, -0.05) is 30.3 Å². The minimum Gasteiger partial charge on any atom is -0.510 e. The number of aliphatic hydroxyl groups is 1. The van der Waals surface area contributed by atoms with Crippen molar-refractivity contribution in [2.24, 2.45) is 10.2 Å². The molecule has 3 rings (SSSR count). The maximum atomic E-state index is 12.9. The molecule has 0 fully saturated rings. The SMILES string of the molecule is COc1ccccc1NC(=O)/C(N=Nc1cccc(S(=O)(=O)Nc2ccccc2OC)c1)=C(\C)O. The lowest BCUT2D eigenvalue weighted by atomic mass is 10.2. The molecule has 0 aromatic heterocycles. The molecule has 3 aromatic rings. The van der Waals surface area contributed by atoms with Gasteiger partial charge in [0.15, 0.2) is 5.70 Å². The van der Waals surface area contributed by atoms with E-state index < -0.39 is 15.9 Å². The van der Waals surface area contributed by atoms with Crippen LogP contribution in [0, 0.1) is 0 Å². The number of rotatable bonds is 9. The molecule has 35 heavy (non-hydrogen) atoms. The summed E-state index contributed by atoms with van der Waals surface area (Å²) in [6.07, 6.45) is 0. The molecule has 0 aliphatic heterocycles. The quantitative estimate of drug-likeness (QED) is 0.216. The Hall–Kier alpha value is -4.38. The maximum Gasteiger partial charge on any atom is 0.279 e. The Bertz CT molecular complexity index is 1380. The summed E-state index contributed by atoms with van der Waals surface area (Å²) in [6.45, 7) is 1.29. The number of anilines is 2. The van der Waals surface area contributed by atoms with Crippen LogP contribution in [0.4, 0.5) is 17.1 Å². The molecule has 11 heteroatoms. The van der Waals surface area contributed by atoms with Gasteiger partial charge >= 0.3 is 0 Å². The Balaban J connectivity index is 1.83. The van der Waals surface area contributed by atoms with Crippen molar-refractivity contribution >= 4 is 33.0 Å². The number of carbonyl (C=O) groups is 1. The Morgan fingerprint density at radius 2 is 1.49 bits per heavy atom. The Morgan fingerprint density at radius 3 is 2.11 bits per heavy atom. The van der Waals surface area contributed by atoms with Crippen LogP contribution in [0.3, 0.4) is 0 Å². The smallest absolute Gasteiger partial charge is 0.279 e. The van der Waals surface area contributed by atoms with Gasteiger partial charge in [0.2, 0.25) is 0 Å². The number of amides is 1. The van der Waals surface area contributed by atoms with Crippen molar-refractivity contribution in [3.63, 3.8) is 0 Å². The minimum absolute atomic E-state index is 0.0791. The van der Waals surface area contributed by atoms with E-state index in [1.54, 1.807) is 48.5 Å². The fourth-order valence-electron chi connectivity index (χ4n) is 2.96. The molecule has 3 aromatic carbocycles. The summed E-state index contributed by atoms with van der Waals surface area (Å²) >= 11 is 0.